The smallest absolute Gasteiger partial charge is 0.457 e. The van der Waals surface area contributed by atoms with Crippen LogP contribution in [0.1, 0.15) is 51.0 Å². The summed E-state index contributed by atoms with van der Waals surface area (Å²) < 4.78 is 19.6. The predicted octanol–water partition coefficient (Wildman–Crippen LogP) is 5.59. The molecule has 2 aliphatic rings. The quantitative estimate of drug-likeness (QED) is 0.133. The van der Waals surface area contributed by atoms with Crippen LogP contribution in [0.15, 0.2) is 55.1 Å². The van der Waals surface area contributed by atoms with Crippen molar-refractivity contribution in [3.63, 3.8) is 0 Å². The van der Waals surface area contributed by atoms with Gasteiger partial charge in [0.2, 0.25) is 5.79 Å². The van der Waals surface area contributed by atoms with Crippen LogP contribution in [0.5, 0.6) is 11.5 Å². The van der Waals surface area contributed by atoms with Gasteiger partial charge in [-0.1, -0.05) is 61.7 Å². The second-order valence-corrected chi connectivity index (χ2v) is 10.5. The third kappa shape index (κ3) is 13.5. The topological polar surface area (TPSA) is 228 Å². The van der Waals surface area contributed by atoms with E-state index in [1.54, 1.807) is 41.3 Å². The van der Waals surface area contributed by atoms with E-state index in [-0.39, 0.29) is 18.0 Å². The molecule has 1 saturated heterocycles. The van der Waals surface area contributed by atoms with Gasteiger partial charge in [-0.05, 0) is 49.4 Å². The van der Waals surface area contributed by atoms with Gasteiger partial charge in [0.15, 0.2) is 11.9 Å². The number of carboxylic acid groups (broad SMARTS) is 2. The Morgan fingerprint density at radius 2 is 1.59 bits per heavy atom. The number of benzene rings is 2. The number of halogens is 2. The van der Waals surface area contributed by atoms with E-state index >= 15 is 0 Å². The summed E-state index contributed by atoms with van der Waals surface area (Å²) in [6, 6.07) is 12.5. The van der Waals surface area contributed by atoms with Gasteiger partial charge in [0.05, 0.1) is 17.7 Å². The van der Waals surface area contributed by atoms with Gasteiger partial charge in [-0.15, -0.1) is 0 Å². The summed E-state index contributed by atoms with van der Waals surface area (Å²) in [4.78, 5) is 12.5. The molecule has 0 amide bonds. The first-order chi connectivity index (χ1) is 20.9. The lowest BCUT2D eigenvalue weighted by atomic mass is 10.0. The van der Waals surface area contributed by atoms with Gasteiger partial charge in [-0.25, -0.2) is 14.5 Å². The van der Waals surface area contributed by atoms with Crippen molar-refractivity contribution in [2.45, 2.75) is 63.9 Å². The third-order valence-electron chi connectivity index (χ3n) is 5.95. The Morgan fingerprint density at radius 1 is 1.05 bits per heavy atom. The molecule has 0 spiro atoms. The number of nitrogens with one attached hydrogen (secondary N) is 3. The molecule has 2 heterocycles. The number of hydrogen-bond acceptors (Lipinski definition) is 8. The van der Waals surface area contributed by atoms with E-state index in [0.29, 0.717) is 40.3 Å². The lowest BCUT2D eigenvalue weighted by Crippen LogP contribution is -2.39. The molecule has 14 nitrogen and oxygen atoms in total. The van der Waals surface area contributed by atoms with Crippen LogP contribution in [-0.2, 0) is 21.8 Å². The highest BCUT2D eigenvalue weighted by Gasteiger charge is 2.44. The van der Waals surface area contributed by atoms with E-state index in [4.69, 9.17) is 74.7 Å². The minimum absolute atomic E-state index is 0.0606. The second-order valence-electron chi connectivity index (χ2n) is 9.64. The number of guanidine groups is 2. The molecule has 1 aromatic heterocycles. The molecule has 5 rings (SSSR count). The highest BCUT2D eigenvalue weighted by atomic mass is 35.5. The molecule has 1 aliphatic carbocycles. The minimum atomic E-state index is -1.83. The van der Waals surface area contributed by atoms with Crippen molar-refractivity contribution in [1.82, 2.24) is 20.1 Å². The average molecular weight is 654 g/mol. The number of nitrogens with zero attached hydrogens (tertiary/aromatic N) is 3. The molecule has 3 aromatic rings. The summed E-state index contributed by atoms with van der Waals surface area (Å²) in [6.07, 6.45) is 10.2. The SMILES string of the molecule is C1CCCCC1.CC1COC(Cn2cncn2)(c2ccc(Oc3ccc(Cl)cc3)cc2Cl)O1.N=C(N)NC(=N)N.O=C(O)O. The molecule has 2 atom stereocenters. The highest BCUT2D eigenvalue weighted by molar-refractivity contribution is 6.31. The fourth-order valence-electron chi connectivity index (χ4n) is 4.19. The van der Waals surface area contributed by atoms with Crippen LogP contribution in [0, 0.1) is 10.8 Å². The monoisotopic (exact) mass is 652 g/mol. The van der Waals surface area contributed by atoms with Crippen molar-refractivity contribution in [3.8, 4) is 11.5 Å². The summed E-state index contributed by atoms with van der Waals surface area (Å²) in [5, 5.41) is 34.2. The van der Waals surface area contributed by atoms with Gasteiger partial charge >= 0.3 is 6.16 Å². The van der Waals surface area contributed by atoms with E-state index in [1.165, 1.54) is 44.9 Å². The van der Waals surface area contributed by atoms with Crippen molar-refractivity contribution in [1.29, 1.82) is 10.8 Å². The molecular formula is C28H38Cl2N8O6. The van der Waals surface area contributed by atoms with Crippen LogP contribution in [0.3, 0.4) is 0 Å². The molecular weight excluding hydrogens is 615 g/mol. The van der Waals surface area contributed by atoms with Gasteiger partial charge in [-0.2, -0.15) is 5.10 Å². The molecule has 240 valence electrons. The molecule has 0 radical (unpaired) electrons. The lowest BCUT2D eigenvalue weighted by molar-refractivity contribution is -0.186. The molecule has 44 heavy (non-hydrogen) atoms. The number of hydrogen-bond donors (Lipinski definition) is 7. The van der Waals surface area contributed by atoms with Gasteiger partial charge in [0, 0.05) is 10.6 Å². The van der Waals surface area contributed by atoms with E-state index in [2.05, 4.69) is 10.1 Å². The Bertz CT molecular complexity index is 1300. The summed E-state index contributed by atoms with van der Waals surface area (Å²) in [6.45, 7) is 2.76. The largest absolute Gasteiger partial charge is 0.503 e. The lowest BCUT2D eigenvalue weighted by Gasteiger charge is -2.29. The van der Waals surface area contributed by atoms with Crippen molar-refractivity contribution >= 4 is 41.3 Å². The Kier molecular flexibility index (Phi) is 15.2. The Hall–Kier alpha value is -4.11. The number of nitrogens with two attached hydrogens (primary N) is 2. The number of rotatable bonds is 5. The summed E-state index contributed by atoms with van der Waals surface area (Å²) in [7, 11) is 0. The van der Waals surface area contributed by atoms with Crippen LogP contribution < -0.4 is 21.5 Å². The Labute approximate surface area is 265 Å². The first-order valence-electron chi connectivity index (χ1n) is 13.6. The Morgan fingerprint density at radius 3 is 2.00 bits per heavy atom. The minimum Gasteiger partial charge on any atom is -0.457 e. The fraction of sp³-hybridized carbons (Fsp3) is 0.393. The maximum atomic E-state index is 8.56. The van der Waals surface area contributed by atoms with Gasteiger partial charge in [0.25, 0.3) is 0 Å². The van der Waals surface area contributed by atoms with Gasteiger partial charge in [0.1, 0.15) is 30.7 Å². The third-order valence-corrected chi connectivity index (χ3v) is 6.51. The van der Waals surface area contributed by atoms with Crippen molar-refractivity contribution in [3.05, 3.63) is 70.7 Å². The van der Waals surface area contributed by atoms with Gasteiger partial charge < -0.3 is 35.9 Å². The zero-order valence-corrected chi connectivity index (χ0v) is 25.7. The second kappa shape index (κ2) is 18.5. The zero-order valence-electron chi connectivity index (χ0n) is 24.2. The van der Waals surface area contributed by atoms with Crippen molar-refractivity contribution < 1.29 is 29.2 Å². The van der Waals surface area contributed by atoms with E-state index < -0.39 is 11.9 Å². The number of ether oxygens (including phenoxy) is 3. The standard InChI is InChI=1S/C19H17Cl2N3O3.C6H12.C2H7N5.CH2O3/c1-13-9-25-19(27-13,10-24-12-22-11-23-24)17-7-6-16(8-18(17)21)26-15-4-2-14(20)3-5-15;1-2-4-6-5-3-1;3-1(4)7-2(5)6;2-1(3)4/h2-8,11-13H,9-10H2,1H3;1-6H2;(H7,3,4,5,6,7);(H2,2,3,4). The average Bonchev–Trinajstić information content (AvgIpc) is 3.60. The maximum absolute atomic E-state index is 8.56. The molecule has 2 fully saturated rings. The van der Waals surface area contributed by atoms with Crippen molar-refractivity contribution in [2.24, 2.45) is 11.5 Å². The molecule has 1 saturated carbocycles. The molecule has 2 unspecified atom stereocenters. The number of aromatic nitrogens is 3. The maximum Gasteiger partial charge on any atom is 0.503 e. The van der Waals surface area contributed by atoms with Crippen LogP contribution in [0.4, 0.5) is 4.79 Å². The first-order valence-corrected chi connectivity index (χ1v) is 14.4. The fourth-order valence-corrected chi connectivity index (χ4v) is 4.64. The zero-order chi connectivity index (χ0) is 32.5. The molecule has 1 aliphatic heterocycles. The summed E-state index contributed by atoms with van der Waals surface area (Å²) in [5.74, 6) is -0.376. The van der Waals surface area contributed by atoms with Crippen LogP contribution in [0.2, 0.25) is 10.0 Å². The van der Waals surface area contributed by atoms with Crippen molar-refractivity contribution in [2.75, 3.05) is 6.61 Å². The van der Waals surface area contributed by atoms with Crippen LogP contribution in [0.25, 0.3) is 0 Å². The highest BCUT2D eigenvalue weighted by Crippen LogP contribution is 2.41. The van der Waals surface area contributed by atoms with E-state index in [1.807, 2.05) is 24.4 Å². The molecule has 9 N–H and O–H groups in total. The molecule has 16 heteroatoms. The first kappa shape index (κ1) is 36.1. The predicted molar refractivity (Wildman–Crippen MR) is 166 cm³/mol. The van der Waals surface area contributed by atoms with Crippen LogP contribution >= 0.6 is 23.2 Å². The molecule has 2 aromatic carbocycles. The summed E-state index contributed by atoms with van der Waals surface area (Å²) in [5.41, 5.74) is 10.2. The summed E-state index contributed by atoms with van der Waals surface area (Å²) >= 11 is 12.5. The normalized spacial score (nSPS) is 18.6. The van der Waals surface area contributed by atoms with E-state index in [0.717, 1.165) is 0 Å². The molecule has 0 bridgehead atoms. The Balaban J connectivity index is 0.000000324. The van der Waals surface area contributed by atoms with E-state index in [9.17, 15) is 0 Å². The van der Waals surface area contributed by atoms with Gasteiger partial charge in [-0.3, -0.25) is 16.1 Å². The number of carbonyl (C=O) groups is 1. The van der Waals surface area contributed by atoms with Crippen LogP contribution in [-0.4, -0.2) is 55.8 Å².